The van der Waals surface area contributed by atoms with Crippen molar-refractivity contribution in [2.75, 3.05) is 20.8 Å². The summed E-state index contributed by atoms with van der Waals surface area (Å²) in [6.45, 7) is 11.5. The molecule has 2 rings (SSSR count). The number of aliphatic hydroxyl groups is 1. The molecule has 0 fully saturated rings. The number of benzene rings is 1. The van der Waals surface area contributed by atoms with Gasteiger partial charge in [0.15, 0.2) is 0 Å². The molecule has 3 heteroatoms. The van der Waals surface area contributed by atoms with E-state index in [0.29, 0.717) is 0 Å². The van der Waals surface area contributed by atoms with E-state index in [1.807, 2.05) is 0 Å². The van der Waals surface area contributed by atoms with Gasteiger partial charge in [0.05, 0.1) is 20.8 Å². The van der Waals surface area contributed by atoms with Crippen LogP contribution < -0.4 is 9.47 Å². The molecule has 1 unspecified atom stereocenters. The molecule has 1 aliphatic carbocycles. The van der Waals surface area contributed by atoms with Gasteiger partial charge in [0.2, 0.25) is 0 Å². The molecule has 3 nitrogen and oxygen atoms in total. The van der Waals surface area contributed by atoms with Gasteiger partial charge in [0.1, 0.15) is 11.5 Å². The number of methoxy groups -OCH3 is 2. The molecule has 0 aromatic heterocycles. The summed E-state index contributed by atoms with van der Waals surface area (Å²) in [7, 11) is 3.49. The predicted octanol–water partition coefficient (Wildman–Crippen LogP) is 6.38. The van der Waals surface area contributed by atoms with Gasteiger partial charge in [-0.15, -0.1) is 0 Å². The molecule has 0 radical (unpaired) electrons. The molecule has 1 N–H and O–H groups in total. The van der Waals surface area contributed by atoms with E-state index in [0.717, 1.165) is 35.5 Å². The van der Waals surface area contributed by atoms with Crippen LogP contribution in [0.5, 0.6) is 11.5 Å². The number of hydrogen-bond donors (Lipinski definition) is 1. The first-order chi connectivity index (χ1) is 13.2. The van der Waals surface area contributed by atoms with Gasteiger partial charge in [0, 0.05) is 11.5 Å². The molecule has 1 aromatic rings. The van der Waals surface area contributed by atoms with Gasteiger partial charge in [-0.1, -0.05) is 66.4 Å². The molecular formula is C25H40O3. The molecule has 1 aromatic carbocycles. The van der Waals surface area contributed by atoms with E-state index in [1.54, 1.807) is 14.2 Å². The minimum absolute atomic E-state index is 0.0236. The third kappa shape index (κ3) is 4.92. The number of rotatable bonds is 10. The predicted molar refractivity (Wildman–Crippen MR) is 118 cm³/mol. The molecule has 0 saturated heterocycles. The van der Waals surface area contributed by atoms with Gasteiger partial charge in [-0.3, -0.25) is 0 Å². The number of aliphatic hydroxyl groups excluding tert-OH is 1. The highest BCUT2D eigenvalue weighted by atomic mass is 16.5. The van der Waals surface area contributed by atoms with Crippen LogP contribution >= 0.6 is 0 Å². The molecule has 1 aliphatic rings. The molecule has 158 valence electrons. The van der Waals surface area contributed by atoms with Crippen molar-refractivity contribution < 1.29 is 14.6 Å². The monoisotopic (exact) mass is 388 g/mol. The average molecular weight is 389 g/mol. The van der Waals surface area contributed by atoms with E-state index in [4.69, 9.17) is 9.47 Å². The Kier molecular flexibility index (Phi) is 7.61. The van der Waals surface area contributed by atoms with Crippen molar-refractivity contribution in [2.24, 2.45) is 5.41 Å². The molecule has 0 bridgehead atoms. The average Bonchev–Trinajstić information content (AvgIpc) is 2.98. The zero-order chi connectivity index (χ0) is 20.9. The van der Waals surface area contributed by atoms with Crippen LogP contribution in [-0.4, -0.2) is 25.9 Å². The van der Waals surface area contributed by atoms with Crippen LogP contribution in [0.4, 0.5) is 0 Å². The quantitative estimate of drug-likeness (QED) is 0.373. The number of ether oxygens (including phenoxy) is 2. The number of unbranched alkanes of at least 4 members (excludes halogenated alkanes) is 3. The zero-order valence-electron chi connectivity index (χ0n) is 19.0. The van der Waals surface area contributed by atoms with Gasteiger partial charge >= 0.3 is 0 Å². The highest BCUT2D eigenvalue weighted by molar-refractivity contribution is 5.55. The van der Waals surface area contributed by atoms with E-state index >= 15 is 0 Å². The van der Waals surface area contributed by atoms with E-state index in [2.05, 4.69) is 52.8 Å². The lowest BCUT2D eigenvalue weighted by molar-refractivity contribution is 0.295. The summed E-state index contributed by atoms with van der Waals surface area (Å²) in [6, 6.07) is 4.41. The SMILES string of the molecule is CCCCCCC(C)(C)c1cc(OC)c(C2C=C(CO)CC2(C)C)c(OC)c1. The second-order valence-electron chi connectivity index (χ2n) is 9.62. The summed E-state index contributed by atoms with van der Waals surface area (Å²) in [4.78, 5) is 0. The van der Waals surface area contributed by atoms with E-state index < -0.39 is 0 Å². The summed E-state index contributed by atoms with van der Waals surface area (Å²) in [5.41, 5.74) is 3.56. The Morgan fingerprint density at radius 1 is 1.07 bits per heavy atom. The molecule has 28 heavy (non-hydrogen) atoms. The maximum atomic E-state index is 9.66. The summed E-state index contributed by atoms with van der Waals surface area (Å²) in [5, 5.41) is 9.66. The topological polar surface area (TPSA) is 38.7 Å². The lowest BCUT2D eigenvalue weighted by Crippen LogP contribution is -2.20. The van der Waals surface area contributed by atoms with Gasteiger partial charge in [-0.05, 0) is 46.9 Å². The van der Waals surface area contributed by atoms with Crippen LogP contribution in [0.15, 0.2) is 23.8 Å². The fraction of sp³-hybridized carbons (Fsp3) is 0.680. The first-order valence-corrected chi connectivity index (χ1v) is 10.8. The largest absolute Gasteiger partial charge is 0.496 e. The van der Waals surface area contributed by atoms with E-state index in [9.17, 15) is 5.11 Å². The second kappa shape index (κ2) is 9.35. The van der Waals surface area contributed by atoms with Gasteiger partial charge in [0.25, 0.3) is 0 Å². The molecule has 0 saturated carbocycles. The van der Waals surface area contributed by atoms with Gasteiger partial charge in [-0.2, -0.15) is 0 Å². The van der Waals surface area contributed by atoms with Crippen LogP contribution in [0.3, 0.4) is 0 Å². The molecule has 1 atom stereocenters. The molecule has 0 amide bonds. The van der Waals surface area contributed by atoms with Crippen molar-refractivity contribution in [3.8, 4) is 11.5 Å². The molecule has 0 heterocycles. The summed E-state index contributed by atoms with van der Waals surface area (Å²) < 4.78 is 11.7. The first kappa shape index (κ1) is 22.8. The van der Waals surface area contributed by atoms with Crippen molar-refractivity contribution in [1.29, 1.82) is 0 Å². The first-order valence-electron chi connectivity index (χ1n) is 10.8. The van der Waals surface area contributed by atoms with Crippen LogP contribution in [0.1, 0.15) is 90.2 Å². The van der Waals surface area contributed by atoms with Crippen LogP contribution in [0, 0.1) is 5.41 Å². The van der Waals surface area contributed by atoms with E-state index in [1.165, 1.54) is 31.2 Å². The Labute approximate surface area is 172 Å². The van der Waals surface area contributed by atoms with Crippen molar-refractivity contribution in [2.45, 2.75) is 84.5 Å². The van der Waals surface area contributed by atoms with Crippen molar-refractivity contribution in [3.05, 3.63) is 34.9 Å². The Hall–Kier alpha value is -1.48. The number of hydrogen-bond acceptors (Lipinski definition) is 3. The lowest BCUT2D eigenvalue weighted by atomic mass is 9.74. The number of allylic oxidation sites excluding steroid dienone is 1. The smallest absolute Gasteiger partial charge is 0.126 e. The van der Waals surface area contributed by atoms with Crippen molar-refractivity contribution in [3.63, 3.8) is 0 Å². The van der Waals surface area contributed by atoms with E-state index in [-0.39, 0.29) is 23.4 Å². The Morgan fingerprint density at radius 2 is 1.68 bits per heavy atom. The van der Waals surface area contributed by atoms with Crippen molar-refractivity contribution in [1.82, 2.24) is 0 Å². The minimum Gasteiger partial charge on any atom is -0.496 e. The third-order valence-electron chi connectivity index (χ3n) is 6.42. The fourth-order valence-corrected chi connectivity index (χ4v) is 4.57. The molecular weight excluding hydrogens is 348 g/mol. The zero-order valence-corrected chi connectivity index (χ0v) is 19.0. The Bertz CT molecular complexity index is 660. The highest BCUT2D eigenvalue weighted by Crippen LogP contribution is 2.53. The van der Waals surface area contributed by atoms with Crippen LogP contribution in [0.25, 0.3) is 0 Å². The van der Waals surface area contributed by atoms with Crippen molar-refractivity contribution >= 4 is 0 Å². The molecule has 0 spiro atoms. The Balaban J connectivity index is 2.43. The maximum Gasteiger partial charge on any atom is 0.126 e. The summed E-state index contributed by atoms with van der Waals surface area (Å²) in [6.07, 6.45) is 9.35. The van der Waals surface area contributed by atoms with Crippen LogP contribution in [0.2, 0.25) is 0 Å². The maximum absolute atomic E-state index is 9.66. The lowest BCUT2D eigenvalue weighted by Gasteiger charge is -2.32. The highest BCUT2D eigenvalue weighted by Gasteiger charge is 2.39. The third-order valence-corrected chi connectivity index (χ3v) is 6.42. The normalized spacial score (nSPS) is 18.9. The standard InChI is InChI=1S/C25H40O3/c1-8-9-10-11-12-24(2,3)19-14-21(27-6)23(22(15-19)28-7)20-13-18(17-26)16-25(20,4)5/h13-15,20,26H,8-12,16-17H2,1-7H3. The Morgan fingerprint density at radius 3 is 2.14 bits per heavy atom. The molecule has 0 aliphatic heterocycles. The summed E-state index contributed by atoms with van der Waals surface area (Å²) in [5.74, 6) is 1.95. The summed E-state index contributed by atoms with van der Waals surface area (Å²) >= 11 is 0. The minimum atomic E-state index is 0.0236. The fourth-order valence-electron chi connectivity index (χ4n) is 4.57. The van der Waals surface area contributed by atoms with Gasteiger partial charge < -0.3 is 14.6 Å². The van der Waals surface area contributed by atoms with Gasteiger partial charge in [-0.25, -0.2) is 0 Å². The second-order valence-corrected chi connectivity index (χ2v) is 9.62. The van der Waals surface area contributed by atoms with Crippen LogP contribution in [-0.2, 0) is 5.41 Å².